The number of carbonyl (C=O) groups is 1. The van der Waals surface area contributed by atoms with Gasteiger partial charge in [-0.3, -0.25) is 14.6 Å². The van der Waals surface area contributed by atoms with E-state index in [-0.39, 0.29) is 17.4 Å². The van der Waals surface area contributed by atoms with E-state index in [1.807, 2.05) is 60.8 Å². The van der Waals surface area contributed by atoms with E-state index in [0.29, 0.717) is 23.9 Å². The molecule has 3 heterocycles. The SMILES string of the molecule is CCC(C(=O)Nc1cc(-c2cccs2)nn1-c1nc2c(c(=O)[nH]1)CCC2)c1ccccc1. The Hall–Kier alpha value is -3.52. The van der Waals surface area contributed by atoms with Crippen molar-refractivity contribution in [3.63, 3.8) is 0 Å². The Morgan fingerprint density at radius 3 is 2.81 bits per heavy atom. The molecule has 1 unspecified atom stereocenters. The van der Waals surface area contributed by atoms with E-state index >= 15 is 0 Å². The van der Waals surface area contributed by atoms with Crippen LogP contribution in [0.25, 0.3) is 16.5 Å². The third-order valence-corrected chi connectivity index (χ3v) is 6.68. The van der Waals surface area contributed by atoms with Gasteiger partial charge >= 0.3 is 0 Å². The van der Waals surface area contributed by atoms with E-state index in [9.17, 15) is 9.59 Å². The lowest BCUT2D eigenvalue weighted by Crippen LogP contribution is -2.24. The molecule has 162 valence electrons. The van der Waals surface area contributed by atoms with Crippen LogP contribution in [0.3, 0.4) is 0 Å². The van der Waals surface area contributed by atoms with Gasteiger partial charge in [-0.05, 0) is 42.7 Å². The fraction of sp³-hybridized carbons (Fsp3) is 0.250. The van der Waals surface area contributed by atoms with E-state index in [0.717, 1.165) is 41.0 Å². The lowest BCUT2D eigenvalue weighted by Gasteiger charge is -2.16. The number of carbonyl (C=O) groups excluding carboxylic acids is 1. The van der Waals surface area contributed by atoms with Gasteiger partial charge in [0.05, 0.1) is 16.5 Å². The lowest BCUT2D eigenvalue weighted by atomic mass is 9.96. The predicted octanol–water partition coefficient (Wildman–Crippen LogP) is 4.31. The summed E-state index contributed by atoms with van der Waals surface area (Å²) in [5.41, 5.74) is 3.10. The largest absolute Gasteiger partial charge is 0.310 e. The first kappa shape index (κ1) is 20.4. The number of hydrogen-bond donors (Lipinski definition) is 2. The van der Waals surface area contributed by atoms with Gasteiger partial charge in [0.2, 0.25) is 11.9 Å². The number of benzene rings is 1. The summed E-state index contributed by atoms with van der Waals surface area (Å²) >= 11 is 1.56. The highest BCUT2D eigenvalue weighted by molar-refractivity contribution is 7.13. The van der Waals surface area contributed by atoms with E-state index < -0.39 is 0 Å². The second-order valence-electron chi connectivity index (χ2n) is 7.83. The molecule has 1 aliphatic rings. The maximum absolute atomic E-state index is 13.2. The summed E-state index contributed by atoms with van der Waals surface area (Å²) in [5.74, 6) is 0.383. The Bertz CT molecular complexity index is 1310. The topological polar surface area (TPSA) is 92.7 Å². The molecule has 1 amide bonds. The third-order valence-electron chi connectivity index (χ3n) is 5.79. The van der Waals surface area contributed by atoms with Crippen LogP contribution in [-0.2, 0) is 17.6 Å². The summed E-state index contributed by atoms with van der Waals surface area (Å²) in [5, 5.41) is 9.69. The van der Waals surface area contributed by atoms with Crippen LogP contribution in [0.1, 0.15) is 42.5 Å². The van der Waals surface area contributed by atoms with Gasteiger partial charge in [0.25, 0.3) is 5.56 Å². The summed E-state index contributed by atoms with van der Waals surface area (Å²) in [7, 11) is 0. The van der Waals surface area contributed by atoms with Gasteiger partial charge in [0.1, 0.15) is 11.5 Å². The minimum atomic E-state index is -0.295. The number of rotatable bonds is 6. The van der Waals surface area contributed by atoms with Gasteiger partial charge < -0.3 is 5.32 Å². The van der Waals surface area contributed by atoms with Crippen molar-refractivity contribution in [3.8, 4) is 16.5 Å². The molecule has 8 heteroatoms. The minimum absolute atomic E-state index is 0.124. The summed E-state index contributed by atoms with van der Waals surface area (Å²) in [6, 6.07) is 15.5. The van der Waals surface area contributed by atoms with Crippen LogP contribution in [-0.4, -0.2) is 25.7 Å². The molecule has 0 aliphatic heterocycles. The number of anilines is 1. The van der Waals surface area contributed by atoms with Crippen LogP contribution in [0.2, 0.25) is 0 Å². The van der Waals surface area contributed by atoms with Gasteiger partial charge in [-0.2, -0.15) is 9.78 Å². The average molecular weight is 446 g/mol. The Morgan fingerprint density at radius 1 is 1.22 bits per heavy atom. The van der Waals surface area contributed by atoms with Crippen molar-refractivity contribution in [2.75, 3.05) is 5.32 Å². The summed E-state index contributed by atoms with van der Waals surface area (Å²) in [4.78, 5) is 34.3. The number of aryl methyl sites for hydroxylation is 1. The fourth-order valence-electron chi connectivity index (χ4n) is 4.18. The first-order valence-electron chi connectivity index (χ1n) is 10.8. The highest BCUT2D eigenvalue weighted by Crippen LogP contribution is 2.29. The van der Waals surface area contributed by atoms with Crippen molar-refractivity contribution < 1.29 is 4.79 Å². The molecular formula is C24H23N5O2S. The molecule has 1 atom stereocenters. The Labute approximate surface area is 189 Å². The second-order valence-corrected chi connectivity index (χ2v) is 8.78. The normalized spacial score (nSPS) is 13.7. The molecule has 0 bridgehead atoms. The zero-order chi connectivity index (χ0) is 22.1. The molecule has 0 radical (unpaired) electrons. The van der Waals surface area contributed by atoms with Crippen LogP contribution >= 0.6 is 11.3 Å². The number of H-pyrrole nitrogens is 1. The summed E-state index contributed by atoms with van der Waals surface area (Å²) in [6.07, 6.45) is 3.11. The van der Waals surface area contributed by atoms with Crippen LogP contribution in [0, 0.1) is 0 Å². The molecule has 1 aliphatic carbocycles. The third kappa shape index (κ3) is 3.78. The quantitative estimate of drug-likeness (QED) is 0.463. The van der Waals surface area contributed by atoms with Gasteiger partial charge in [-0.1, -0.05) is 43.3 Å². The van der Waals surface area contributed by atoms with E-state index in [4.69, 9.17) is 0 Å². The molecule has 2 N–H and O–H groups in total. The van der Waals surface area contributed by atoms with Crippen molar-refractivity contribution in [3.05, 3.63) is 81.1 Å². The molecule has 0 saturated carbocycles. The number of fused-ring (bicyclic) bond motifs is 1. The molecule has 5 rings (SSSR count). The Kier molecular flexibility index (Phi) is 5.45. The molecular weight excluding hydrogens is 422 g/mol. The molecule has 0 saturated heterocycles. The van der Waals surface area contributed by atoms with Crippen molar-refractivity contribution in [1.29, 1.82) is 0 Å². The Balaban J connectivity index is 1.55. The number of nitrogens with one attached hydrogen (secondary N) is 2. The first-order valence-corrected chi connectivity index (χ1v) is 11.6. The number of aromatic nitrogens is 4. The number of amides is 1. The van der Waals surface area contributed by atoms with Crippen LogP contribution < -0.4 is 10.9 Å². The zero-order valence-electron chi connectivity index (χ0n) is 17.7. The number of aromatic amines is 1. The molecule has 4 aromatic rings. The summed E-state index contributed by atoms with van der Waals surface area (Å²) in [6.45, 7) is 1.99. The van der Waals surface area contributed by atoms with Crippen LogP contribution in [0.4, 0.5) is 5.82 Å². The summed E-state index contributed by atoms with van der Waals surface area (Å²) < 4.78 is 1.53. The van der Waals surface area contributed by atoms with Gasteiger partial charge in [0.15, 0.2) is 0 Å². The van der Waals surface area contributed by atoms with E-state index in [2.05, 4.69) is 20.4 Å². The molecule has 7 nitrogen and oxygen atoms in total. The smallest absolute Gasteiger partial charge is 0.255 e. The molecule has 1 aromatic carbocycles. The Morgan fingerprint density at radius 2 is 2.06 bits per heavy atom. The van der Waals surface area contributed by atoms with Gasteiger partial charge in [0, 0.05) is 11.6 Å². The minimum Gasteiger partial charge on any atom is -0.310 e. The van der Waals surface area contributed by atoms with Crippen LogP contribution in [0.15, 0.2) is 58.7 Å². The van der Waals surface area contributed by atoms with E-state index in [1.54, 1.807) is 11.3 Å². The highest BCUT2D eigenvalue weighted by Gasteiger charge is 2.24. The lowest BCUT2D eigenvalue weighted by molar-refractivity contribution is -0.117. The number of hydrogen-bond acceptors (Lipinski definition) is 5. The molecule has 32 heavy (non-hydrogen) atoms. The average Bonchev–Trinajstić information content (AvgIpc) is 3.55. The monoisotopic (exact) mass is 445 g/mol. The highest BCUT2D eigenvalue weighted by atomic mass is 32.1. The molecule has 3 aromatic heterocycles. The standard InChI is InChI=1S/C24H23N5O2S/c1-2-16(15-8-4-3-5-9-15)22(30)26-21-14-19(20-12-7-13-32-20)28-29(21)24-25-18-11-6-10-17(18)23(31)27-24/h3-5,7-9,12-14,16H,2,6,10-11H2,1H3,(H,26,30)(H,25,27,31). The van der Waals surface area contributed by atoms with Gasteiger partial charge in [-0.25, -0.2) is 4.98 Å². The second kappa shape index (κ2) is 8.55. The van der Waals surface area contributed by atoms with Gasteiger partial charge in [-0.15, -0.1) is 11.3 Å². The fourth-order valence-corrected chi connectivity index (χ4v) is 4.86. The maximum Gasteiger partial charge on any atom is 0.255 e. The molecule has 0 spiro atoms. The maximum atomic E-state index is 13.2. The number of thiophene rings is 1. The van der Waals surface area contributed by atoms with Crippen molar-refractivity contribution >= 4 is 23.1 Å². The van der Waals surface area contributed by atoms with E-state index in [1.165, 1.54) is 4.68 Å². The van der Waals surface area contributed by atoms with Crippen molar-refractivity contribution in [1.82, 2.24) is 19.7 Å². The predicted molar refractivity (Wildman–Crippen MR) is 125 cm³/mol. The van der Waals surface area contributed by atoms with Crippen LogP contribution in [0.5, 0.6) is 0 Å². The number of nitrogens with zero attached hydrogens (tertiary/aromatic N) is 3. The molecule has 0 fully saturated rings. The van der Waals surface area contributed by atoms with Crippen molar-refractivity contribution in [2.24, 2.45) is 0 Å². The first-order chi connectivity index (χ1) is 15.6. The van der Waals surface area contributed by atoms with Crippen molar-refractivity contribution in [2.45, 2.75) is 38.5 Å². The zero-order valence-corrected chi connectivity index (χ0v) is 18.5.